The minimum Gasteiger partial charge on any atom is -0.493 e. The van der Waals surface area contributed by atoms with Crippen LogP contribution in [0, 0.1) is 20.8 Å². The van der Waals surface area contributed by atoms with E-state index in [0.717, 1.165) is 22.3 Å². The molecule has 0 bridgehead atoms. The topological polar surface area (TPSA) is 56.5 Å². The number of rotatable bonds is 6. The molecule has 0 aliphatic carbocycles. The van der Waals surface area contributed by atoms with E-state index in [9.17, 15) is 8.42 Å². The van der Waals surface area contributed by atoms with E-state index in [2.05, 4.69) is 28.8 Å². The van der Waals surface area contributed by atoms with Crippen LogP contribution in [0.5, 0.6) is 11.5 Å². The molecule has 0 saturated heterocycles. The third-order valence-electron chi connectivity index (χ3n) is 5.81. The molecular formula is C28H28NO4S+. The highest BCUT2D eigenvalue weighted by Crippen LogP contribution is 2.33. The summed E-state index contributed by atoms with van der Waals surface area (Å²) < 4.78 is 39.2. The number of hydrogen-bond donors (Lipinski definition) is 0. The first-order valence-corrected chi connectivity index (χ1v) is 12.4. The maximum Gasteiger partial charge on any atom is 0.339 e. The van der Waals surface area contributed by atoms with Crippen LogP contribution < -0.4 is 13.5 Å². The molecule has 0 N–H and O–H groups in total. The molecule has 3 aromatic carbocycles. The molecule has 5 nitrogen and oxygen atoms in total. The van der Waals surface area contributed by atoms with Gasteiger partial charge in [0.05, 0.1) is 7.11 Å². The molecule has 0 aliphatic heterocycles. The van der Waals surface area contributed by atoms with Crippen molar-refractivity contribution < 1.29 is 21.9 Å². The van der Waals surface area contributed by atoms with Crippen LogP contribution in [0.1, 0.15) is 27.9 Å². The van der Waals surface area contributed by atoms with Crippen LogP contribution in [0.2, 0.25) is 0 Å². The Morgan fingerprint density at radius 3 is 2.24 bits per heavy atom. The van der Waals surface area contributed by atoms with Gasteiger partial charge in [-0.15, -0.1) is 0 Å². The molecule has 0 aliphatic rings. The van der Waals surface area contributed by atoms with Gasteiger partial charge < -0.3 is 8.92 Å². The zero-order valence-corrected chi connectivity index (χ0v) is 20.8. The monoisotopic (exact) mass is 474 g/mol. The number of fused-ring (bicyclic) bond motifs is 1. The fraction of sp³-hybridized carbons (Fsp3) is 0.179. The Kier molecular flexibility index (Phi) is 6.44. The van der Waals surface area contributed by atoms with Gasteiger partial charge in [0.25, 0.3) is 0 Å². The first-order valence-electron chi connectivity index (χ1n) is 11.0. The molecule has 1 aromatic heterocycles. The number of nitrogens with zero attached hydrogens (tertiary/aromatic N) is 1. The van der Waals surface area contributed by atoms with Crippen LogP contribution in [-0.2, 0) is 17.2 Å². The molecule has 0 amide bonds. The van der Waals surface area contributed by atoms with Gasteiger partial charge >= 0.3 is 10.1 Å². The van der Waals surface area contributed by atoms with Gasteiger partial charge in [-0.3, -0.25) is 0 Å². The third-order valence-corrected chi connectivity index (χ3v) is 7.35. The van der Waals surface area contributed by atoms with Gasteiger partial charge in [0.15, 0.2) is 11.5 Å². The molecule has 34 heavy (non-hydrogen) atoms. The first kappa shape index (κ1) is 23.5. The molecule has 0 unspecified atom stereocenters. The van der Waals surface area contributed by atoms with Crippen molar-refractivity contribution in [1.82, 2.24) is 0 Å². The normalized spacial score (nSPS) is 11.8. The highest BCUT2D eigenvalue weighted by atomic mass is 32.2. The van der Waals surface area contributed by atoms with Crippen molar-refractivity contribution in [2.75, 3.05) is 7.11 Å². The minimum atomic E-state index is -4.02. The number of ether oxygens (including phenoxy) is 1. The quantitative estimate of drug-likeness (QED) is 0.272. The maximum atomic E-state index is 13.1. The largest absolute Gasteiger partial charge is 0.493 e. The molecule has 0 radical (unpaired) electrons. The van der Waals surface area contributed by atoms with Crippen LogP contribution in [-0.4, -0.2) is 15.5 Å². The number of hydrogen-bond acceptors (Lipinski definition) is 4. The molecule has 174 valence electrons. The summed E-state index contributed by atoms with van der Waals surface area (Å²) in [6.45, 7) is 5.48. The lowest BCUT2D eigenvalue weighted by molar-refractivity contribution is -0.646. The summed E-state index contributed by atoms with van der Waals surface area (Å²) in [5.41, 5.74) is 5.34. The third kappa shape index (κ3) is 4.68. The number of para-hydroxylation sites is 1. The van der Waals surface area contributed by atoms with Crippen LogP contribution in [0.3, 0.4) is 0 Å². The van der Waals surface area contributed by atoms with Crippen molar-refractivity contribution in [2.24, 2.45) is 7.05 Å². The number of aryl methyl sites for hydroxylation is 4. The lowest BCUT2D eigenvalue weighted by Gasteiger charge is -2.15. The van der Waals surface area contributed by atoms with E-state index in [1.165, 1.54) is 12.5 Å². The second-order valence-corrected chi connectivity index (χ2v) is 9.87. The highest BCUT2D eigenvalue weighted by molar-refractivity contribution is 7.87. The Bertz CT molecular complexity index is 1500. The van der Waals surface area contributed by atoms with E-state index in [4.69, 9.17) is 8.92 Å². The summed E-state index contributed by atoms with van der Waals surface area (Å²) >= 11 is 0. The summed E-state index contributed by atoms with van der Waals surface area (Å²) in [6, 6.07) is 21.2. The fourth-order valence-corrected chi connectivity index (χ4v) is 5.65. The Morgan fingerprint density at radius 1 is 0.824 bits per heavy atom. The standard InChI is InChI=1S/C28H28NO4S/c1-19-16-20(2)28(21(3)17-19)34(30,31)33-26-15-11-22(18-27(26)32-5)10-13-24-14-12-23-8-6-7-9-25(23)29(24)4/h6-18H,1-5H3/q+1. The lowest BCUT2D eigenvalue weighted by Crippen LogP contribution is -2.32. The molecule has 0 atom stereocenters. The summed E-state index contributed by atoms with van der Waals surface area (Å²) in [5, 5.41) is 1.17. The Balaban J connectivity index is 1.63. The second-order valence-electron chi connectivity index (χ2n) is 8.38. The van der Waals surface area contributed by atoms with Crippen molar-refractivity contribution in [2.45, 2.75) is 25.7 Å². The van der Waals surface area contributed by atoms with E-state index >= 15 is 0 Å². The van der Waals surface area contributed by atoms with Crippen molar-refractivity contribution in [1.29, 1.82) is 0 Å². The van der Waals surface area contributed by atoms with Crippen molar-refractivity contribution in [3.05, 3.63) is 94.7 Å². The summed E-state index contributed by atoms with van der Waals surface area (Å²) in [5.74, 6) is 0.492. The number of aromatic nitrogens is 1. The average molecular weight is 475 g/mol. The van der Waals surface area contributed by atoms with E-state index in [1.807, 2.05) is 50.4 Å². The van der Waals surface area contributed by atoms with E-state index in [-0.39, 0.29) is 10.6 Å². The molecular weight excluding hydrogens is 446 g/mol. The van der Waals surface area contributed by atoms with Gasteiger partial charge in [-0.2, -0.15) is 13.0 Å². The molecule has 1 heterocycles. The van der Waals surface area contributed by atoms with Crippen LogP contribution in [0.4, 0.5) is 0 Å². The SMILES string of the molecule is COc1cc(C=Cc2ccc3ccccc3[n+]2C)ccc1OS(=O)(=O)c1c(C)cc(C)cc1C. The van der Waals surface area contributed by atoms with E-state index < -0.39 is 10.1 Å². The molecule has 4 aromatic rings. The molecule has 6 heteroatoms. The highest BCUT2D eigenvalue weighted by Gasteiger charge is 2.24. The molecule has 0 fully saturated rings. The predicted octanol–water partition coefficient (Wildman–Crippen LogP) is 5.54. The van der Waals surface area contributed by atoms with Crippen molar-refractivity contribution in [3.8, 4) is 11.5 Å². The smallest absolute Gasteiger partial charge is 0.339 e. The summed E-state index contributed by atoms with van der Waals surface area (Å²) in [7, 11) is -0.499. The second kappa shape index (κ2) is 9.31. The van der Waals surface area contributed by atoms with Crippen molar-refractivity contribution in [3.63, 3.8) is 0 Å². The van der Waals surface area contributed by atoms with Gasteiger partial charge in [-0.05, 0) is 67.8 Å². The van der Waals surface area contributed by atoms with Gasteiger partial charge in [0, 0.05) is 23.6 Å². The number of methoxy groups -OCH3 is 1. The van der Waals surface area contributed by atoms with Gasteiger partial charge in [-0.25, -0.2) is 0 Å². The predicted molar refractivity (Wildman–Crippen MR) is 136 cm³/mol. The van der Waals surface area contributed by atoms with Crippen LogP contribution in [0.15, 0.2) is 71.6 Å². The van der Waals surface area contributed by atoms with Crippen molar-refractivity contribution >= 4 is 33.2 Å². The zero-order valence-electron chi connectivity index (χ0n) is 20.0. The maximum absolute atomic E-state index is 13.1. The Morgan fingerprint density at radius 2 is 1.53 bits per heavy atom. The van der Waals surface area contributed by atoms with Gasteiger partial charge in [0.1, 0.15) is 11.9 Å². The van der Waals surface area contributed by atoms with Crippen LogP contribution >= 0.6 is 0 Å². The lowest BCUT2D eigenvalue weighted by atomic mass is 10.1. The van der Waals surface area contributed by atoms with Crippen LogP contribution in [0.25, 0.3) is 23.1 Å². The first-order chi connectivity index (χ1) is 16.2. The summed E-state index contributed by atoms with van der Waals surface area (Å²) in [4.78, 5) is 0.188. The number of pyridine rings is 1. The zero-order chi connectivity index (χ0) is 24.5. The molecule has 4 rings (SSSR count). The fourth-order valence-electron chi connectivity index (χ4n) is 4.29. The Labute approximate surface area is 201 Å². The van der Waals surface area contributed by atoms with E-state index in [1.54, 1.807) is 32.0 Å². The van der Waals surface area contributed by atoms with Gasteiger partial charge in [0.2, 0.25) is 11.2 Å². The number of benzene rings is 3. The summed E-state index contributed by atoms with van der Waals surface area (Å²) in [6.07, 6.45) is 3.97. The molecule has 0 spiro atoms. The van der Waals surface area contributed by atoms with Gasteiger partial charge in [-0.1, -0.05) is 35.9 Å². The van der Waals surface area contributed by atoms with E-state index in [0.29, 0.717) is 16.9 Å². The Hall–Kier alpha value is -3.64. The minimum absolute atomic E-state index is 0.148. The molecule has 0 saturated carbocycles. The average Bonchev–Trinajstić information content (AvgIpc) is 2.78.